The van der Waals surface area contributed by atoms with E-state index in [4.69, 9.17) is 0 Å². The van der Waals surface area contributed by atoms with Crippen molar-refractivity contribution in [3.05, 3.63) is 92.6 Å². The van der Waals surface area contributed by atoms with Crippen LogP contribution in [0.15, 0.2) is 70.3 Å². The van der Waals surface area contributed by atoms with Gasteiger partial charge in [0.25, 0.3) is 5.56 Å². The first-order chi connectivity index (χ1) is 12.6. The molecule has 2 N–H and O–H groups in total. The maximum Gasteiger partial charge on any atom is 0.334 e. The molecular weight excluding hydrogens is 328 g/mol. The second-order valence-electron chi connectivity index (χ2n) is 6.43. The molecule has 3 aromatic rings. The first-order valence-electron chi connectivity index (χ1n) is 8.61. The van der Waals surface area contributed by atoms with Gasteiger partial charge in [-0.05, 0) is 24.6 Å². The van der Waals surface area contributed by atoms with Crippen LogP contribution in [0.4, 0.5) is 5.82 Å². The zero-order chi connectivity index (χ0) is 18.1. The van der Waals surface area contributed by atoms with Crippen LogP contribution in [0.3, 0.4) is 0 Å². The smallest absolute Gasteiger partial charge is 0.334 e. The highest BCUT2D eigenvalue weighted by Crippen LogP contribution is 2.27. The highest BCUT2D eigenvalue weighted by molar-refractivity contribution is 5.51. The average Bonchev–Trinajstić information content (AvgIpc) is 2.69. The minimum Gasteiger partial charge on any atom is -0.358 e. The van der Waals surface area contributed by atoms with Gasteiger partial charge in [-0.25, -0.2) is 9.36 Å². The highest BCUT2D eigenvalue weighted by atomic mass is 16.2. The third kappa shape index (κ3) is 2.84. The minimum atomic E-state index is -0.433. The highest BCUT2D eigenvalue weighted by Gasteiger charge is 2.26. The molecule has 0 radical (unpaired) electrons. The van der Waals surface area contributed by atoms with Crippen molar-refractivity contribution in [3.63, 3.8) is 0 Å². The molecule has 4 rings (SSSR count). The van der Waals surface area contributed by atoms with Crippen molar-refractivity contribution in [2.24, 2.45) is 0 Å². The fourth-order valence-electron chi connectivity index (χ4n) is 3.38. The summed E-state index contributed by atoms with van der Waals surface area (Å²) in [6.45, 7) is 3.14. The Morgan fingerprint density at radius 1 is 0.962 bits per heavy atom. The van der Waals surface area contributed by atoms with Crippen LogP contribution in [0.25, 0.3) is 5.69 Å². The summed E-state index contributed by atoms with van der Waals surface area (Å²) in [5.41, 5.74) is 1.71. The monoisotopic (exact) mass is 348 g/mol. The fourth-order valence-corrected chi connectivity index (χ4v) is 3.38. The second kappa shape index (κ2) is 6.65. The lowest BCUT2D eigenvalue weighted by molar-refractivity contribution is 0.207. The predicted octanol–water partition coefficient (Wildman–Crippen LogP) is 2.47. The molecule has 0 aliphatic carbocycles. The zero-order valence-corrected chi connectivity index (χ0v) is 14.5. The Balaban J connectivity index is 1.75. The molecule has 0 saturated carbocycles. The number of aromatic nitrogens is 2. The maximum absolute atomic E-state index is 12.4. The van der Waals surface area contributed by atoms with Crippen molar-refractivity contribution in [2.75, 3.05) is 12.0 Å². The average molecular weight is 348 g/mol. The molecule has 0 bridgehead atoms. The number of aromatic amines is 1. The van der Waals surface area contributed by atoms with E-state index in [1.165, 1.54) is 10.1 Å². The summed E-state index contributed by atoms with van der Waals surface area (Å²) in [4.78, 5) is 29.5. The molecule has 1 aliphatic rings. The Bertz CT molecular complexity index is 1030. The van der Waals surface area contributed by atoms with Crippen LogP contribution in [-0.4, -0.2) is 21.1 Å². The standard InChI is InChI=1S/C20H20N4O2/c1-14(15-8-4-2-5-9-15)23-12-17-18(21-13-23)24(20(26)22-19(17)25)16-10-6-3-7-11-16/h2-11,14,21H,12-13H2,1H3,(H,22,25,26). The lowest BCUT2D eigenvalue weighted by Gasteiger charge is -2.35. The van der Waals surface area contributed by atoms with Gasteiger partial charge in [0, 0.05) is 12.6 Å². The molecule has 1 unspecified atom stereocenters. The number of H-pyrrole nitrogens is 1. The van der Waals surface area contributed by atoms with Crippen molar-refractivity contribution in [1.82, 2.24) is 14.5 Å². The molecule has 2 aromatic carbocycles. The van der Waals surface area contributed by atoms with Gasteiger partial charge in [0.05, 0.1) is 17.9 Å². The van der Waals surface area contributed by atoms with Gasteiger partial charge >= 0.3 is 5.69 Å². The summed E-state index contributed by atoms with van der Waals surface area (Å²) in [7, 11) is 0. The summed E-state index contributed by atoms with van der Waals surface area (Å²) >= 11 is 0. The number of para-hydroxylation sites is 1. The predicted molar refractivity (Wildman–Crippen MR) is 102 cm³/mol. The zero-order valence-electron chi connectivity index (χ0n) is 14.5. The molecule has 1 aromatic heterocycles. The Hall–Kier alpha value is -3.12. The molecule has 6 nitrogen and oxygen atoms in total. The van der Waals surface area contributed by atoms with Gasteiger partial charge in [-0.1, -0.05) is 48.5 Å². The van der Waals surface area contributed by atoms with Gasteiger partial charge in [-0.2, -0.15) is 0 Å². The second-order valence-corrected chi connectivity index (χ2v) is 6.43. The molecule has 2 heterocycles. The number of fused-ring (bicyclic) bond motifs is 1. The quantitative estimate of drug-likeness (QED) is 0.763. The number of benzene rings is 2. The van der Waals surface area contributed by atoms with Crippen LogP contribution in [0.2, 0.25) is 0 Å². The first kappa shape index (κ1) is 16.4. The number of nitrogens with zero attached hydrogens (tertiary/aromatic N) is 2. The van der Waals surface area contributed by atoms with Crippen LogP contribution in [-0.2, 0) is 6.54 Å². The van der Waals surface area contributed by atoms with Crippen molar-refractivity contribution in [3.8, 4) is 5.69 Å². The number of anilines is 1. The molecular formula is C20H20N4O2. The van der Waals surface area contributed by atoms with Crippen molar-refractivity contribution in [2.45, 2.75) is 19.5 Å². The van der Waals surface area contributed by atoms with Crippen LogP contribution >= 0.6 is 0 Å². The van der Waals surface area contributed by atoms with Crippen molar-refractivity contribution < 1.29 is 0 Å². The maximum atomic E-state index is 12.4. The van der Waals surface area contributed by atoms with Crippen molar-refractivity contribution >= 4 is 5.82 Å². The lowest BCUT2D eigenvalue weighted by Crippen LogP contribution is -2.43. The molecule has 0 saturated heterocycles. The van der Waals surface area contributed by atoms with E-state index in [1.54, 1.807) is 0 Å². The number of nitrogens with one attached hydrogen (secondary N) is 2. The lowest BCUT2D eigenvalue weighted by atomic mass is 10.1. The fraction of sp³-hybridized carbons (Fsp3) is 0.200. The topological polar surface area (TPSA) is 70.1 Å². The first-order valence-corrected chi connectivity index (χ1v) is 8.61. The van der Waals surface area contributed by atoms with E-state index in [1.807, 2.05) is 48.5 Å². The number of rotatable bonds is 3. The van der Waals surface area contributed by atoms with Gasteiger partial charge in [-0.15, -0.1) is 0 Å². The van der Waals surface area contributed by atoms with Crippen molar-refractivity contribution in [1.29, 1.82) is 0 Å². The van der Waals surface area contributed by atoms with E-state index in [0.717, 1.165) is 5.69 Å². The van der Waals surface area contributed by atoms with Gasteiger partial charge in [-0.3, -0.25) is 14.7 Å². The van der Waals surface area contributed by atoms with Crippen LogP contribution in [0, 0.1) is 0 Å². The Morgan fingerprint density at radius 2 is 1.62 bits per heavy atom. The third-order valence-electron chi connectivity index (χ3n) is 4.86. The van der Waals surface area contributed by atoms with Gasteiger partial charge in [0.1, 0.15) is 5.82 Å². The molecule has 132 valence electrons. The van der Waals surface area contributed by atoms with Gasteiger partial charge in [0.15, 0.2) is 0 Å². The van der Waals surface area contributed by atoms with Crippen LogP contribution < -0.4 is 16.6 Å². The number of hydrogen-bond acceptors (Lipinski definition) is 4. The minimum absolute atomic E-state index is 0.147. The molecule has 1 aliphatic heterocycles. The Kier molecular flexibility index (Phi) is 4.18. The van der Waals surface area contributed by atoms with E-state index in [-0.39, 0.29) is 11.6 Å². The van der Waals surface area contributed by atoms with Gasteiger partial charge in [0.2, 0.25) is 0 Å². The van der Waals surface area contributed by atoms with E-state index < -0.39 is 5.69 Å². The van der Waals surface area contributed by atoms with Crippen LogP contribution in [0.1, 0.15) is 24.1 Å². The van der Waals surface area contributed by atoms with Crippen LogP contribution in [0.5, 0.6) is 0 Å². The summed E-state index contributed by atoms with van der Waals surface area (Å²) in [5.74, 6) is 0.571. The molecule has 0 amide bonds. The van der Waals surface area contributed by atoms with E-state index in [9.17, 15) is 9.59 Å². The largest absolute Gasteiger partial charge is 0.358 e. The molecule has 0 spiro atoms. The Morgan fingerprint density at radius 3 is 2.31 bits per heavy atom. The molecule has 26 heavy (non-hydrogen) atoms. The van der Waals surface area contributed by atoms with E-state index in [0.29, 0.717) is 24.6 Å². The van der Waals surface area contributed by atoms with Gasteiger partial charge < -0.3 is 5.32 Å². The SMILES string of the molecule is CC(c1ccccc1)N1CNc2c(c(=O)[nH]c(=O)n2-c2ccccc2)C1. The van der Waals surface area contributed by atoms with E-state index >= 15 is 0 Å². The van der Waals surface area contributed by atoms with E-state index in [2.05, 4.69) is 34.3 Å². The normalized spacial score (nSPS) is 15.1. The Labute approximate surface area is 150 Å². The summed E-state index contributed by atoms with van der Waals surface area (Å²) in [5, 5.41) is 3.28. The molecule has 1 atom stereocenters. The summed E-state index contributed by atoms with van der Waals surface area (Å²) in [6, 6.07) is 19.6. The summed E-state index contributed by atoms with van der Waals surface area (Å²) in [6.07, 6.45) is 0. The summed E-state index contributed by atoms with van der Waals surface area (Å²) < 4.78 is 1.53. The third-order valence-corrected chi connectivity index (χ3v) is 4.86. The number of hydrogen-bond donors (Lipinski definition) is 2. The molecule has 6 heteroatoms. The molecule has 0 fully saturated rings.